The molecule has 0 aliphatic rings. The lowest BCUT2D eigenvalue weighted by molar-refractivity contribution is -0.384. The number of benzene rings is 2. The van der Waals surface area contributed by atoms with E-state index in [1.807, 2.05) is 6.07 Å². The molecule has 2 rings (SSSR count). The summed E-state index contributed by atoms with van der Waals surface area (Å²) in [7, 11) is 0. The third kappa shape index (κ3) is 8.40. The molecule has 0 saturated heterocycles. The molecule has 11 nitrogen and oxygen atoms in total. The Morgan fingerprint density at radius 1 is 1.03 bits per heavy atom. The second-order valence-corrected chi connectivity index (χ2v) is 6.89. The molecule has 0 bridgehead atoms. The van der Waals surface area contributed by atoms with Crippen LogP contribution in [0.5, 0.6) is 0 Å². The van der Waals surface area contributed by atoms with Gasteiger partial charge in [-0.25, -0.2) is 9.59 Å². The summed E-state index contributed by atoms with van der Waals surface area (Å²) in [5, 5.41) is 34.6. The zero-order valence-corrected chi connectivity index (χ0v) is 17.0. The van der Waals surface area contributed by atoms with Gasteiger partial charge in [-0.05, 0) is 11.1 Å². The van der Waals surface area contributed by atoms with Crippen molar-refractivity contribution < 1.29 is 34.3 Å². The van der Waals surface area contributed by atoms with E-state index in [1.165, 1.54) is 24.3 Å². The van der Waals surface area contributed by atoms with Crippen LogP contribution in [0.3, 0.4) is 0 Å². The number of rotatable bonds is 11. The number of nitrogens with zero attached hydrogens (tertiary/aromatic N) is 1. The summed E-state index contributed by atoms with van der Waals surface area (Å²) in [6, 6.07) is 13.0. The van der Waals surface area contributed by atoms with Gasteiger partial charge in [-0.3, -0.25) is 14.9 Å². The van der Waals surface area contributed by atoms with Gasteiger partial charge in [0.05, 0.1) is 17.4 Å². The third-order valence-electron chi connectivity index (χ3n) is 4.34. The van der Waals surface area contributed by atoms with Gasteiger partial charge >= 0.3 is 12.1 Å². The van der Waals surface area contributed by atoms with Gasteiger partial charge in [-0.2, -0.15) is 0 Å². The van der Waals surface area contributed by atoms with Crippen LogP contribution in [0.1, 0.15) is 17.5 Å². The van der Waals surface area contributed by atoms with Crippen LogP contribution in [-0.2, 0) is 27.4 Å². The number of nitro benzene ring substituents is 1. The van der Waals surface area contributed by atoms with E-state index in [0.717, 1.165) is 5.56 Å². The zero-order valence-electron chi connectivity index (χ0n) is 17.0. The summed E-state index contributed by atoms with van der Waals surface area (Å²) in [5.41, 5.74) is 1.13. The van der Waals surface area contributed by atoms with Crippen LogP contribution in [0.15, 0.2) is 54.6 Å². The number of aliphatic hydroxyl groups is 1. The molecule has 0 spiro atoms. The molecular weight excluding hydrogens is 422 g/mol. The minimum Gasteiger partial charge on any atom is -0.480 e. The number of carbonyl (C=O) groups excluding carboxylic acids is 2. The van der Waals surface area contributed by atoms with E-state index < -0.39 is 41.5 Å². The fourth-order valence-electron chi connectivity index (χ4n) is 2.70. The number of nitro groups is 1. The SMILES string of the molecule is O=C(C[C@@H](O)CNC(=O)OCc1ccccc1)N[C@@H](Cc1ccc([N+](=O)[O-])cc1)C(=O)O. The average Bonchev–Trinajstić information content (AvgIpc) is 2.76. The van der Waals surface area contributed by atoms with E-state index in [-0.39, 0.29) is 25.3 Å². The molecule has 2 atom stereocenters. The number of hydrogen-bond donors (Lipinski definition) is 4. The molecule has 0 radical (unpaired) electrons. The summed E-state index contributed by atoms with van der Waals surface area (Å²) >= 11 is 0. The first kappa shape index (κ1) is 24.3. The summed E-state index contributed by atoms with van der Waals surface area (Å²) in [5.74, 6) is -2.03. The second-order valence-electron chi connectivity index (χ2n) is 6.89. The van der Waals surface area contributed by atoms with E-state index in [0.29, 0.717) is 5.56 Å². The van der Waals surface area contributed by atoms with Crippen LogP contribution in [0, 0.1) is 10.1 Å². The molecule has 0 unspecified atom stereocenters. The Morgan fingerprint density at radius 2 is 1.69 bits per heavy atom. The molecule has 4 N–H and O–H groups in total. The monoisotopic (exact) mass is 445 g/mol. The summed E-state index contributed by atoms with van der Waals surface area (Å²) in [6.07, 6.45) is -2.56. The zero-order chi connectivity index (χ0) is 23.5. The number of hydrogen-bond acceptors (Lipinski definition) is 7. The Hall–Kier alpha value is -3.99. The summed E-state index contributed by atoms with van der Waals surface area (Å²) in [6.45, 7) is -0.215. The van der Waals surface area contributed by atoms with Gasteiger partial charge in [-0.15, -0.1) is 0 Å². The third-order valence-corrected chi connectivity index (χ3v) is 4.34. The molecule has 0 aliphatic carbocycles. The van der Waals surface area contributed by atoms with Crippen molar-refractivity contribution in [3.05, 3.63) is 75.8 Å². The molecule has 11 heteroatoms. The van der Waals surface area contributed by atoms with Crippen LogP contribution in [0.2, 0.25) is 0 Å². The highest BCUT2D eigenvalue weighted by Gasteiger charge is 2.22. The highest BCUT2D eigenvalue weighted by molar-refractivity contribution is 5.84. The van der Waals surface area contributed by atoms with E-state index in [2.05, 4.69) is 10.6 Å². The quantitative estimate of drug-likeness (QED) is 0.297. The predicted molar refractivity (Wildman–Crippen MR) is 112 cm³/mol. The maximum Gasteiger partial charge on any atom is 0.407 e. The van der Waals surface area contributed by atoms with E-state index in [4.69, 9.17) is 4.74 Å². The maximum absolute atomic E-state index is 12.1. The van der Waals surface area contributed by atoms with Crippen molar-refractivity contribution in [1.82, 2.24) is 10.6 Å². The minimum atomic E-state index is -1.30. The molecule has 0 aliphatic heterocycles. The molecule has 2 aromatic carbocycles. The van der Waals surface area contributed by atoms with Crippen molar-refractivity contribution in [2.75, 3.05) is 6.54 Å². The van der Waals surface area contributed by atoms with Gasteiger partial charge in [0.15, 0.2) is 0 Å². The number of aliphatic carboxylic acids is 1. The van der Waals surface area contributed by atoms with Gasteiger partial charge < -0.3 is 25.6 Å². The van der Waals surface area contributed by atoms with Crippen LogP contribution in [-0.4, -0.2) is 51.8 Å². The van der Waals surface area contributed by atoms with E-state index in [9.17, 15) is 34.7 Å². The van der Waals surface area contributed by atoms with Crippen LogP contribution in [0.25, 0.3) is 0 Å². The first-order chi connectivity index (χ1) is 15.2. The Balaban J connectivity index is 1.76. The molecule has 2 amide bonds. The molecule has 2 aromatic rings. The Bertz CT molecular complexity index is 934. The Kier molecular flexibility index (Phi) is 9.11. The molecule has 170 valence electrons. The van der Waals surface area contributed by atoms with Crippen LogP contribution >= 0.6 is 0 Å². The number of aliphatic hydroxyl groups excluding tert-OH is 1. The lowest BCUT2D eigenvalue weighted by Gasteiger charge is -2.17. The standard InChI is InChI=1S/C21H23N3O8/c25-17(12-22-21(29)32-13-15-4-2-1-3-5-15)11-19(26)23-18(20(27)28)10-14-6-8-16(9-7-14)24(30)31/h1-9,17-18,25H,10-13H2,(H,22,29)(H,23,26)(H,27,28)/t17-,18+/m1/s1. The largest absolute Gasteiger partial charge is 0.480 e. The summed E-state index contributed by atoms with van der Waals surface area (Å²) < 4.78 is 4.99. The van der Waals surface area contributed by atoms with Gasteiger partial charge in [0.25, 0.3) is 5.69 Å². The van der Waals surface area contributed by atoms with Crippen molar-refractivity contribution in [2.45, 2.75) is 31.6 Å². The second kappa shape index (κ2) is 12.0. The molecule has 32 heavy (non-hydrogen) atoms. The molecular formula is C21H23N3O8. The minimum absolute atomic E-state index is 0.0478. The van der Waals surface area contributed by atoms with Crippen molar-refractivity contribution in [1.29, 1.82) is 0 Å². The van der Waals surface area contributed by atoms with Gasteiger partial charge in [0, 0.05) is 25.1 Å². The lowest BCUT2D eigenvalue weighted by atomic mass is 10.1. The number of alkyl carbamates (subject to hydrolysis) is 1. The van der Waals surface area contributed by atoms with Gasteiger partial charge in [-0.1, -0.05) is 42.5 Å². The topological polar surface area (TPSA) is 168 Å². The first-order valence-electron chi connectivity index (χ1n) is 9.62. The summed E-state index contributed by atoms with van der Waals surface area (Å²) in [4.78, 5) is 45.3. The fraction of sp³-hybridized carbons (Fsp3) is 0.286. The maximum atomic E-state index is 12.1. The number of amides is 2. The fourth-order valence-corrected chi connectivity index (χ4v) is 2.70. The highest BCUT2D eigenvalue weighted by Crippen LogP contribution is 2.13. The predicted octanol–water partition coefficient (Wildman–Crippen LogP) is 1.38. The number of carboxylic acids is 1. The van der Waals surface area contributed by atoms with Crippen LogP contribution in [0.4, 0.5) is 10.5 Å². The van der Waals surface area contributed by atoms with Crippen molar-refractivity contribution in [2.24, 2.45) is 0 Å². The molecule has 0 heterocycles. The Labute approximate surface area is 183 Å². The van der Waals surface area contributed by atoms with E-state index in [1.54, 1.807) is 24.3 Å². The van der Waals surface area contributed by atoms with Crippen molar-refractivity contribution >= 4 is 23.7 Å². The van der Waals surface area contributed by atoms with Crippen LogP contribution < -0.4 is 10.6 Å². The van der Waals surface area contributed by atoms with Gasteiger partial charge in [0.1, 0.15) is 12.6 Å². The first-order valence-corrected chi connectivity index (χ1v) is 9.62. The molecule has 0 fully saturated rings. The lowest BCUT2D eigenvalue weighted by Crippen LogP contribution is -2.44. The van der Waals surface area contributed by atoms with Gasteiger partial charge in [0.2, 0.25) is 5.91 Å². The smallest absolute Gasteiger partial charge is 0.407 e. The number of carboxylic acid groups (broad SMARTS) is 1. The molecule has 0 aromatic heterocycles. The number of ether oxygens (including phenoxy) is 1. The van der Waals surface area contributed by atoms with Crippen molar-refractivity contribution in [3.63, 3.8) is 0 Å². The number of carbonyl (C=O) groups is 3. The number of nitrogens with one attached hydrogen (secondary N) is 2. The number of non-ortho nitro benzene ring substituents is 1. The van der Waals surface area contributed by atoms with E-state index >= 15 is 0 Å². The highest BCUT2D eigenvalue weighted by atomic mass is 16.6. The normalized spacial score (nSPS) is 12.3. The Morgan fingerprint density at radius 3 is 2.28 bits per heavy atom. The molecule has 0 saturated carbocycles. The average molecular weight is 445 g/mol. The van der Waals surface area contributed by atoms with Crippen molar-refractivity contribution in [3.8, 4) is 0 Å².